The van der Waals surface area contributed by atoms with Gasteiger partial charge in [-0.2, -0.15) is 4.99 Å². The lowest BCUT2D eigenvalue weighted by atomic mass is 10.0. The highest BCUT2D eigenvalue weighted by Gasteiger charge is 2.09. The number of nitrogens with zero attached hydrogens (tertiary/aromatic N) is 1. The second kappa shape index (κ2) is 4.83. The Hall–Kier alpha value is -0.920. The highest BCUT2D eigenvalue weighted by molar-refractivity contribution is 5.34. The van der Waals surface area contributed by atoms with Crippen molar-refractivity contribution in [1.29, 1.82) is 0 Å². The first-order valence-corrected chi connectivity index (χ1v) is 3.75. The van der Waals surface area contributed by atoms with Crippen LogP contribution in [0.2, 0.25) is 0 Å². The Morgan fingerprint density at radius 2 is 2.55 bits per heavy atom. The molecule has 0 radical (unpaired) electrons. The van der Waals surface area contributed by atoms with E-state index >= 15 is 0 Å². The van der Waals surface area contributed by atoms with Gasteiger partial charge in [-0.15, -0.1) is 0 Å². The fraction of sp³-hybridized carbons (Fsp3) is 0.625. The van der Waals surface area contributed by atoms with Gasteiger partial charge in [-0.25, -0.2) is 4.79 Å². The van der Waals surface area contributed by atoms with Gasteiger partial charge >= 0.3 is 0 Å². The highest BCUT2D eigenvalue weighted by atomic mass is 16.5. The smallest absolute Gasteiger partial charge is 0.239 e. The maximum absolute atomic E-state index is 9.67. The van der Waals surface area contributed by atoms with Gasteiger partial charge in [0, 0.05) is 18.7 Å². The molecule has 0 aromatic rings. The van der Waals surface area contributed by atoms with Crippen LogP contribution in [-0.4, -0.2) is 19.3 Å². The summed E-state index contributed by atoms with van der Waals surface area (Å²) >= 11 is 0. The molecule has 0 aromatic heterocycles. The van der Waals surface area contributed by atoms with E-state index in [4.69, 9.17) is 4.74 Å². The molecule has 1 unspecified atom stereocenters. The SMILES string of the molecule is O=C=N/C=C\C1CCCOC1. The quantitative estimate of drug-likeness (QED) is 0.442. The van der Waals surface area contributed by atoms with Crippen molar-refractivity contribution >= 4 is 6.08 Å². The maximum atomic E-state index is 9.67. The van der Waals surface area contributed by atoms with E-state index in [1.54, 1.807) is 0 Å². The number of hydrogen-bond donors (Lipinski definition) is 0. The van der Waals surface area contributed by atoms with Crippen LogP contribution in [0.25, 0.3) is 0 Å². The van der Waals surface area contributed by atoms with Crippen LogP contribution in [0.3, 0.4) is 0 Å². The van der Waals surface area contributed by atoms with Gasteiger partial charge in [-0.05, 0) is 12.8 Å². The van der Waals surface area contributed by atoms with Crippen LogP contribution in [0.5, 0.6) is 0 Å². The Balaban J connectivity index is 2.28. The van der Waals surface area contributed by atoms with Gasteiger partial charge in [0.15, 0.2) is 0 Å². The second-order valence-corrected chi connectivity index (χ2v) is 2.54. The standard InChI is InChI=1S/C8H11NO2/c10-7-9-4-3-8-2-1-5-11-6-8/h3-4,8H,1-2,5-6H2/b4-3-. The molecule has 1 fully saturated rings. The minimum atomic E-state index is 0.431. The first kappa shape index (κ1) is 8.18. The van der Waals surface area contributed by atoms with E-state index in [0.717, 1.165) is 26.1 Å². The maximum Gasteiger partial charge on any atom is 0.239 e. The predicted molar refractivity (Wildman–Crippen MR) is 40.8 cm³/mol. The van der Waals surface area contributed by atoms with Crippen LogP contribution in [0.1, 0.15) is 12.8 Å². The summed E-state index contributed by atoms with van der Waals surface area (Å²) in [4.78, 5) is 13.0. The summed E-state index contributed by atoms with van der Waals surface area (Å²) in [5, 5.41) is 0. The molecule has 0 saturated carbocycles. The van der Waals surface area contributed by atoms with E-state index in [1.807, 2.05) is 6.08 Å². The number of hydrogen-bond acceptors (Lipinski definition) is 3. The number of aliphatic imine (C=N–C) groups is 1. The number of isocyanates is 1. The summed E-state index contributed by atoms with van der Waals surface area (Å²) in [6.07, 6.45) is 7.07. The minimum Gasteiger partial charge on any atom is -0.381 e. The van der Waals surface area contributed by atoms with Gasteiger partial charge in [0.1, 0.15) is 0 Å². The lowest BCUT2D eigenvalue weighted by Crippen LogP contribution is -2.14. The Bertz CT molecular complexity index is 177. The van der Waals surface area contributed by atoms with Gasteiger partial charge in [0.25, 0.3) is 0 Å². The average molecular weight is 153 g/mol. The zero-order valence-electron chi connectivity index (χ0n) is 6.32. The molecule has 0 aliphatic carbocycles. The Morgan fingerprint density at radius 3 is 3.18 bits per heavy atom. The normalized spacial score (nSPS) is 24.9. The molecule has 60 valence electrons. The van der Waals surface area contributed by atoms with Gasteiger partial charge in [-0.3, -0.25) is 0 Å². The Labute approximate surface area is 65.8 Å². The molecule has 3 nitrogen and oxygen atoms in total. The molecule has 1 saturated heterocycles. The molecular formula is C8H11NO2. The third-order valence-corrected chi connectivity index (χ3v) is 1.68. The topological polar surface area (TPSA) is 38.7 Å². The molecule has 0 amide bonds. The fourth-order valence-corrected chi connectivity index (χ4v) is 1.11. The lowest BCUT2D eigenvalue weighted by molar-refractivity contribution is 0.0710. The number of carbonyl (C=O) groups excluding carboxylic acids is 1. The van der Waals surface area contributed by atoms with Gasteiger partial charge in [0.2, 0.25) is 6.08 Å². The first-order valence-electron chi connectivity index (χ1n) is 3.75. The van der Waals surface area contributed by atoms with E-state index in [9.17, 15) is 4.79 Å². The first-order chi connectivity index (χ1) is 5.43. The zero-order chi connectivity index (χ0) is 7.94. The molecule has 1 heterocycles. The third-order valence-electron chi connectivity index (χ3n) is 1.68. The second-order valence-electron chi connectivity index (χ2n) is 2.54. The Morgan fingerprint density at radius 1 is 1.64 bits per heavy atom. The van der Waals surface area contributed by atoms with Crippen molar-refractivity contribution in [2.75, 3.05) is 13.2 Å². The lowest BCUT2D eigenvalue weighted by Gasteiger charge is -2.17. The van der Waals surface area contributed by atoms with E-state index in [-0.39, 0.29) is 0 Å². The van der Waals surface area contributed by atoms with Crippen LogP contribution < -0.4 is 0 Å². The zero-order valence-corrected chi connectivity index (χ0v) is 6.32. The summed E-state index contributed by atoms with van der Waals surface area (Å²) in [6.45, 7) is 1.62. The number of rotatable bonds is 2. The molecule has 1 rings (SSSR count). The molecule has 0 bridgehead atoms. The molecule has 1 atom stereocenters. The van der Waals surface area contributed by atoms with E-state index in [2.05, 4.69) is 4.99 Å². The summed E-state index contributed by atoms with van der Waals surface area (Å²) in [6, 6.07) is 0. The largest absolute Gasteiger partial charge is 0.381 e. The minimum absolute atomic E-state index is 0.431. The van der Waals surface area contributed by atoms with E-state index < -0.39 is 0 Å². The van der Waals surface area contributed by atoms with Crippen molar-refractivity contribution in [3.05, 3.63) is 12.3 Å². The average Bonchev–Trinajstić information content (AvgIpc) is 2.07. The molecule has 0 N–H and O–H groups in total. The van der Waals surface area contributed by atoms with E-state index in [1.165, 1.54) is 12.3 Å². The van der Waals surface area contributed by atoms with Crippen LogP contribution >= 0.6 is 0 Å². The van der Waals surface area contributed by atoms with Gasteiger partial charge < -0.3 is 4.74 Å². The van der Waals surface area contributed by atoms with Crippen molar-refractivity contribution < 1.29 is 9.53 Å². The highest BCUT2D eigenvalue weighted by Crippen LogP contribution is 2.14. The molecule has 0 aromatic carbocycles. The van der Waals surface area contributed by atoms with Crippen molar-refractivity contribution in [1.82, 2.24) is 0 Å². The third kappa shape index (κ3) is 3.12. The van der Waals surface area contributed by atoms with Crippen molar-refractivity contribution in [3.63, 3.8) is 0 Å². The van der Waals surface area contributed by atoms with Crippen LogP contribution in [0.15, 0.2) is 17.3 Å². The van der Waals surface area contributed by atoms with Crippen molar-refractivity contribution in [3.8, 4) is 0 Å². The number of ether oxygens (including phenoxy) is 1. The fourth-order valence-electron chi connectivity index (χ4n) is 1.11. The molecule has 1 aliphatic rings. The summed E-state index contributed by atoms with van der Waals surface area (Å²) in [5.74, 6) is 0.431. The summed E-state index contributed by atoms with van der Waals surface area (Å²) < 4.78 is 5.22. The van der Waals surface area contributed by atoms with Gasteiger partial charge in [-0.1, -0.05) is 6.08 Å². The molecule has 0 spiro atoms. The summed E-state index contributed by atoms with van der Waals surface area (Å²) in [5.41, 5.74) is 0. The molecule has 3 heteroatoms. The molecule has 11 heavy (non-hydrogen) atoms. The monoisotopic (exact) mass is 153 g/mol. The van der Waals surface area contributed by atoms with Crippen molar-refractivity contribution in [2.24, 2.45) is 10.9 Å². The molecule has 1 aliphatic heterocycles. The van der Waals surface area contributed by atoms with Crippen LogP contribution in [0, 0.1) is 5.92 Å². The van der Waals surface area contributed by atoms with Crippen molar-refractivity contribution in [2.45, 2.75) is 12.8 Å². The Kier molecular flexibility index (Phi) is 3.59. The van der Waals surface area contributed by atoms with Crippen LogP contribution in [0.4, 0.5) is 0 Å². The van der Waals surface area contributed by atoms with Crippen LogP contribution in [-0.2, 0) is 9.53 Å². The van der Waals surface area contributed by atoms with E-state index in [0.29, 0.717) is 5.92 Å². The summed E-state index contributed by atoms with van der Waals surface area (Å²) in [7, 11) is 0. The predicted octanol–water partition coefficient (Wildman–Crippen LogP) is 1.26. The van der Waals surface area contributed by atoms with Gasteiger partial charge in [0.05, 0.1) is 6.61 Å². The molecular weight excluding hydrogens is 142 g/mol.